The molecule has 0 spiro atoms. The van der Waals surface area contributed by atoms with E-state index in [1.165, 1.54) is 18.2 Å². The molecule has 1 heterocycles. The molecule has 21 heavy (non-hydrogen) atoms. The number of hydrogen-bond donors (Lipinski definition) is 0. The molecule has 0 saturated heterocycles. The Balaban J connectivity index is 1.99. The van der Waals surface area contributed by atoms with Crippen molar-refractivity contribution in [2.75, 3.05) is 0 Å². The molecule has 3 nitrogen and oxygen atoms in total. The molecular formula is C16H12ClFN2O. The van der Waals surface area contributed by atoms with Crippen molar-refractivity contribution in [2.45, 2.75) is 6.42 Å². The zero-order valence-corrected chi connectivity index (χ0v) is 12.1. The predicted octanol–water partition coefficient (Wildman–Crippen LogP) is 3.79. The Morgan fingerprint density at radius 1 is 1.24 bits per heavy atom. The van der Waals surface area contributed by atoms with E-state index in [0.29, 0.717) is 5.69 Å². The van der Waals surface area contributed by atoms with Gasteiger partial charge >= 0.3 is 0 Å². The Hall–Kier alpha value is -2.20. The third-order valence-corrected chi connectivity index (χ3v) is 3.80. The third-order valence-electron chi connectivity index (χ3n) is 3.41. The highest BCUT2D eigenvalue weighted by Crippen LogP contribution is 2.23. The molecule has 0 atom stereocenters. The van der Waals surface area contributed by atoms with Crippen molar-refractivity contribution in [3.63, 3.8) is 0 Å². The first kappa shape index (κ1) is 13.8. The molecule has 0 radical (unpaired) electrons. The number of carbonyl (C=O) groups excluding carboxylic acids is 1. The number of para-hydroxylation sites is 1. The van der Waals surface area contributed by atoms with E-state index < -0.39 is 5.82 Å². The summed E-state index contributed by atoms with van der Waals surface area (Å²) in [6, 6.07) is 11.9. The smallest absolute Gasteiger partial charge is 0.170 e. The number of nitrogens with zero attached hydrogens (tertiary/aromatic N) is 2. The number of rotatable bonds is 3. The molecule has 0 unspecified atom stereocenters. The zero-order chi connectivity index (χ0) is 15.0. The molecule has 2 aromatic carbocycles. The standard InChI is InChI=1S/C16H12ClFN2O/c1-20-14-8-3-2-5-10(14)13(19-20)9-15(21)11-6-4-7-12(18)16(11)17/h2-8H,9H2,1H3. The third kappa shape index (κ3) is 2.43. The van der Waals surface area contributed by atoms with E-state index in [1.54, 1.807) is 4.68 Å². The van der Waals surface area contributed by atoms with Crippen LogP contribution in [0.1, 0.15) is 16.1 Å². The second-order valence-corrected chi connectivity index (χ2v) is 5.17. The summed E-state index contributed by atoms with van der Waals surface area (Å²) in [5.41, 5.74) is 1.80. The van der Waals surface area contributed by atoms with Crippen molar-refractivity contribution in [3.05, 3.63) is 64.6 Å². The van der Waals surface area contributed by atoms with Gasteiger partial charge in [-0.2, -0.15) is 5.10 Å². The molecule has 0 fully saturated rings. The van der Waals surface area contributed by atoms with Crippen LogP contribution in [0.2, 0.25) is 5.02 Å². The monoisotopic (exact) mass is 302 g/mol. The van der Waals surface area contributed by atoms with Crippen LogP contribution >= 0.6 is 11.6 Å². The zero-order valence-electron chi connectivity index (χ0n) is 11.3. The van der Waals surface area contributed by atoms with Crippen LogP contribution in [0.15, 0.2) is 42.5 Å². The number of halogens is 2. The summed E-state index contributed by atoms with van der Waals surface area (Å²) >= 11 is 5.86. The van der Waals surface area contributed by atoms with Crippen LogP contribution in [0.4, 0.5) is 4.39 Å². The summed E-state index contributed by atoms with van der Waals surface area (Å²) in [5.74, 6) is -0.836. The van der Waals surface area contributed by atoms with E-state index in [4.69, 9.17) is 11.6 Å². The van der Waals surface area contributed by atoms with Crippen molar-refractivity contribution < 1.29 is 9.18 Å². The minimum absolute atomic E-state index is 0.0878. The fraction of sp³-hybridized carbons (Fsp3) is 0.125. The van der Waals surface area contributed by atoms with Crippen molar-refractivity contribution >= 4 is 28.3 Å². The summed E-state index contributed by atoms with van der Waals surface area (Å²) < 4.78 is 15.2. The molecule has 0 aliphatic carbocycles. The van der Waals surface area contributed by atoms with Gasteiger partial charge in [-0.05, 0) is 18.2 Å². The van der Waals surface area contributed by atoms with Gasteiger partial charge in [-0.3, -0.25) is 9.48 Å². The Morgan fingerprint density at radius 3 is 2.81 bits per heavy atom. The molecule has 106 valence electrons. The number of aryl methyl sites for hydroxylation is 1. The molecule has 3 aromatic rings. The second kappa shape index (κ2) is 5.30. The van der Waals surface area contributed by atoms with Gasteiger partial charge in [0.1, 0.15) is 5.82 Å². The van der Waals surface area contributed by atoms with Crippen LogP contribution in [-0.4, -0.2) is 15.6 Å². The van der Waals surface area contributed by atoms with Crippen molar-refractivity contribution in [3.8, 4) is 0 Å². The Bertz CT molecular complexity index is 841. The largest absolute Gasteiger partial charge is 0.294 e. The highest BCUT2D eigenvalue weighted by atomic mass is 35.5. The number of carbonyl (C=O) groups is 1. The maximum Gasteiger partial charge on any atom is 0.170 e. The SMILES string of the molecule is Cn1nc(CC(=O)c2cccc(F)c2Cl)c2ccccc21. The summed E-state index contributed by atoms with van der Waals surface area (Å²) in [4.78, 5) is 12.3. The molecule has 0 aliphatic rings. The van der Waals surface area contributed by atoms with Gasteiger partial charge in [-0.25, -0.2) is 4.39 Å². The van der Waals surface area contributed by atoms with Gasteiger partial charge in [0.15, 0.2) is 5.78 Å². The van der Waals surface area contributed by atoms with E-state index >= 15 is 0 Å². The maximum atomic E-state index is 13.4. The van der Waals surface area contributed by atoms with E-state index in [1.807, 2.05) is 31.3 Å². The quantitative estimate of drug-likeness (QED) is 0.690. The topological polar surface area (TPSA) is 34.9 Å². The van der Waals surface area contributed by atoms with Crippen LogP contribution in [0.5, 0.6) is 0 Å². The van der Waals surface area contributed by atoms with Crippen molar-refractivity contribution in [1.29, 1.82) is 0 Å². The first-order valence-corrected chi connectivity index (χ1v) is 6.83. The molecule has 0 N–H and O–H groups in total. The van der Waals surface area contributed by atoms with Gasteiger partial charge in [0, 0.05) is 18.0 Å². The van der Waals surface area contributed by atoms with Gasteiger partial charge in [-0.15, -0.1) is 0 Å². The highest BCUT2D eigenvalue weighted by molar-refractivity contribution is 6.34. The van der Waals surface area contributed by atoms with Gasteiger partial charge < -0.3 is 0 Å². The van der Waals surface area contributed by atoms with E-state index in [0.717, 1.165) is 10.9 Å². The minimum Gasteiger partial charge on any atom is -0.294 e. The average Bonchev–Trinajstić information content (AvgIpc) is 2.79. The first-order valence-electron chi connectivity index (χ1n) is 6.45. The Kier molecular flexibility index (Phi) is 3.47. The number of Topliss-reactive ketones (excluding diaryl/α,β-unsaturated/α-hetero) is 1. The number of ketones is 1. The summed E-state index contributed by atoms with van der Waals surface area (Å²) in [7, 11) is 1.82. The average molecular weight is 303 g/mol. The number of fused-ring (bicyclic) bond motifs is 1. The molecule has 0 bridgehead atoms. The van der Waals surface area contributed by atoms with E-state index in [9.17, 15) is 9.18 Å². The number of aromatic nitrogens is 2. The molecule has 0 saturated carbocycles. The van der Waals surface area contributed by atoms with Gasteiger partial charge in [0.2, 0.25) is 0 Å². The molecule has 0 amide bonds. The Morgan fingerprint density at radius 2 is 2.00 bits per heavy atom. The fourth-order valence-corrected chi connectivity index (χ4v) is 2.62. The van der Waals surface area contributed by atoms with Gasteiger partial charge in [0.05, 0.1) is 22.7 Å². The van der Waals surface area contributed by atoms with E-state index in [2.05, 4.69) is 5.10 Å². The molecule has 5 heteroatoms. The lowest BCUT2D eigenvalue weighted by Crippen LogP contribution is -2.06. The van der Waals surface area contributed by atoms with Crippen LogP contribution in [0.25, 0.3) is 10.9 Å². The summed E-state index contributed by atoms with van der Waals surface area (Å²) in [6.45, 7) is 0. The predicted molar refractivity (Wildman–Crippen MR) is 80.2 cm³/mol. The lowest BCUT2D eigenvalue weighted by atomic mass is 10.0. The van der Waals surface area contributed by atoms with Gasteiger partial charge in [-0.1, -0.05) is 35.9 Å². The van der Waals surface area contributed by atoms with Crippen LogP contribution in [-0.2, 0) is 13.5 Å². The molecule has 0 aliphatic heterocycles. The van der Waals surface area contributed by atoms with Crippen LogP contribution in [0, 0.1) is 5.82 Å². The first-order chi connectivity index (χ1) is 10.1. The normalized spacial score (nSPS) is 11.0. The van der Waals surface area contributed by atoms with E-state index in [-0.39, 0.29) is 22.8 Å². The lowest BCUT2D eigenvalue weighted by molar-refractivity contribution is 0.0992. The number of benzene rings is 2. The minimum atomic E-state index is -0.589. The van der Waals surface area contributed by atoms with Crippen LogP contribution < -0.4 is 0 Å². The molecule has 3 rings (SSSR count). The lowest BCUT2D eigenvalue weighted by Gasteiger charge is -2.03. The fourth-order valence-electron chi connectivity index (χ4n) is 2.39. The summed E-state index contributed by atoms with van der Waals surface area (Å²) in [5, 5.41) is 5.15. The molecule has 1 aromatic heterocycles. The highest BCUT2D eigenvalue weighted by Gasteiger charge is 2.17. The van der Waals surface area contributed by atoms with Crippen LogP contribution in [0.3, 0.4) is 0 Å². The number of hydrogen-bond acceptors (Lipinski definition) is 2. The molecular weight excluding hydrogens is 291 g/mol. The second-order valence-electron chi connectivity index (χ2n) is 4.79. The summed E-state index contributed by atoms with van der Waals surface area (Å²) in [6.07, 6.45) is 0.0878. The van der Waals surface area contributed by atoms with Gasteiger partial charge in [0.25, 0.3) is 0 Å². The Labute approximate surface area is 126 Å². The van der Waals surface area contributed by atoms with Crippen molar-refractivity contribution in [1.82, 2.24) is 9.78 Å². The van der Waals surface area contributed by atoms with Crippen molar-refractivity contribution in [2.24, 2.45) is 7.05 Å². The maximum absolute atomic E-state index is 13.4.